The molecular formula is C9H21ClOSi. The molecule has 0 heterocycles. The van der Waals surface area contributed by atoms with E-state index in [1.54, 1.807) is 7.11 Å². The van der Waals surface area contributed by atoms with Gasteiger partial charge in [0, 0.05) is 13.7 Å². The number of rotatable bonds is 7. The minimum Gasteiger partial charge on any atom is -0.385 e. The summed E-state index contributed by atoms with van der Waals surface area (Å²) in [5.74, 6) is 0. The molecule has 0 aliphatic heterocycles. The number of methoxy groups -OCH3 is 1. The van der Waals surface area contributed by atoms with Crippen molar-refractivity contribution >= 4 is 18.5 Å². The molecule has 0 N–H and O–H groups in total. The zero-order valence-electron chi connectivity index (χ0n) is 8.53. The summed E-state index contributed by atoms with van der Waals surface area (Å²) in [4.78, 5) is 0. The fourth-order valence-electron chi connectivity index (χ4n) is 1.09. The number of ether oxygens (including phenoxy) is 1. The first-order valence-electron chi connectivity index (χ1n) is 4.80. The third-order valence-corrected chi connectivity index (χ3v) is 6.52. The zero-order chi connectivity index (χ0) is 9.45. The molecule has 0 bridgehead atoms. The molecule has 0 aromatic heterocycles. The van der Waals surface area contributed by atoms with Crippen molar-refractivity contribution in [3.8, 4) is 0 Å². The van der Waals surface area contributed by atoms with Crippen LogP contribution in [0, 0.1) is 0 Å². The van der Waals surface area contributed by atoms with E-state index in [0.717, 1.165) is 6.61 Å². The molecule has 1 nitrogen and oxygen atoms in total. The van der Waals surface area contributed by atoms with Crippen molar-refractivity contribution < 1.29 is 4.74 Å². The smallest absolute Gasteiger partial charge is 0.153 e. The molecule has 0 aromatic rings. The number of unbranched alkanes of at least 4 members (excludes halogenated alkanes) is 2. The van der Waals surface area contributed by atoms with Crippen LogP contribution in [0.15, 0.2) is 0 Å². The van der Waals surface area contributed by atoms with E-state index in [-0.39, 0.29) is 0 Å². The molecule has 12 heavy (non-hydrogen) atoms. The Morgan fingerprint density at radius 3 is 2.42 bits per heavy atom. The van der Waals surface area contributed by atoms with Crippen molar-refractivity contribution in [2.45, 2.75) is 44.8 Å². The molecule has 0 spiro atoms. The predicted octanol–water partition coefficient (Wildman–Crippen LogP) is 3.64. The topological polar surface area (TPSA) is 9.23 Å². The molecule has 0 aliphatic carbocycles. The van der Waals surface area contributed by atoms with Gasteiger partial charge in [0.1, 0.15) is 0 Å². The van der Waals surface area contributed by atoms with Crippen LogP contribution in [0.2, 0.25) is 18.6 Å². The van der Waals surface area contributed by atoms with Crippen LogP contribution in [0.5, 0.6) is 0 Å². The molecule has 0 rings (SSSR count). The van der Waals surface area contributed by atoms with Crippen LogP contribution in [-0.2, 0) is 4.74 Å². The van der Waals surface area contributed by atoms with Crippen LogP contribution in [-0.4, -0.2) is 21.1 Å². The highest BCUT2D eigenvalue weighted by molar-refractivity contribution is 7.19. The van der Waals surface area contributed by atoms with Gasteiger partial charge in [0.25, 0.3) is 0 Å². The van der Waals surface area contributed by atoms with Crippen LogP contribution < -0.4 is 0 Å². The van der Waals surface area contributed by atoms with E-state index < -0.39 is 7.38 Å². The molecule has 1 atom stereocenters. The van der Waals surface area contributed by atoms with Gasteiger partial charge >= 0.3 is 0 Å². The first kappa shape index (κ1) is 12.5. The SMILES string of the molecule is CC[Si](C)(Cl)CCCCCOC. The first-order valence-corrected chi connectivity index (χ1v) is 8.73. The van der Waals surface area contributed by atoms with Crippen LogP contribution in [0.3, 0.4) is 0 Å². The molecule has 0 fully saturated rings. The largest absolute Gasteiger partial charge is 0.385 e. The summed E-state index contributed by atoms with van der Waals surface area (Å²) in [5.41, 5.74) is 0. The van der Waals surface area contributed by atoms with Gasteiger partial charge in [0.15, 0.2) is 7.38 Å². The zero-order valence-corrected chi connectivity index (χ0v) is 10.3. The Morgan fingerprint density at radius 2 is 1.92 bits per heavy atom. The Balaban J connectivity index is 3.19. The van der Waals surface area contributed by atoms with Crippen LogP contribution in [0.4, 0.5) is 0 Å². The summed E-state index contributed by atoms with van der Waals surface area (Å²) in [6, 6.07) is 2.45. The van der Waals surface area contributed by atoms with Gasteiger partial charge in [-0.3, -0.25) is 0 Å². The lowest BCUT2D eigenvalue weighted by atomic mass is 10.3. The molecule has 0 amide bonds. The third-order valence-electron chi connectivity index (χ3n) is 2.28. The van der Waals surface area contributed by atoms with Crippen molar-refractivity contribution in [2.75, 3.05) is 13.7 Å². The van der Waals surface area contributed by atoms with Gasteiger partial charge in [-0.1, -0.05) is 26.3 Å². The van der Waals surface area contributed by atoms with Gasteiger partial charge in [0.2, 0.25) is 0 Å². The Bertz CT molecular complexity index is 107. The van der Waals surface area contributed by atoms with Crippen molar-refractivity contribution in [3.63, 3.8) is 0 Å². The van der Waals surface area contributed by atoms with Gasteiger partial charge in [-0.15, -0.1) is 0 Å². The van der Waals surface area contributed by atoms with E-state index in [1.165, 1.54) is 31.4 Å². The van der Waals surface area contributed by atoms with E-state index in [2.05, 4.69) is 13.5 Å². The first-order chi connectivity index (χ1) is 5.62. The molecule has 0 saturated carbocycles. The standard InChI is InChI=1S/C9H21ClOSi/c1-4-12(3,10)9-7-5-6-8-11-2/h4-9H2,1-3H3. The van der Waals surface area contributed by atoms with E-state index in [0.29, 0.717) is 0 Å². The Labute approximate surface area is 82.2 Å². The molecule has 3 heteroatoms. The number of hydrogen-bond donors (Lipinski definition) is 0. The van der Waals surface area contributed by atoms with E-state index in [9.17, 15) is 0 Å². The monoisotopic (exact) mass is 208 g/mol. The maximum absolute atomic E-state index is 6.34. The average Bonchev–Trinajstić information content (AvgIpc) is 2.04. The summed E-state index contributed by atoms with van der Waals surface area (Å²) >= 11 is 6.34. The van der Waals surface area contributed by atoms with Gasteiger partial charge < -0.3 is 4.74 Å². The maximum atomic E-state index is 6.34. The molecular weight excluding hydrogens is 188 g/mol. The molecule has 0 aliphatic rings. The van der Waals surface area contributed by atoms with Crippen LogP contribution in [0.1, 0.15) is 26.2 Å². The van der Waals surface area contributed by atoms with Crippen molar-refractivity contribution in [2.24, 2.45) is 0 Å². The summed E-state index contributed by atoms with van der Waals surface area (Å²) in [7, 11) is 0.450. The molecule has 1 unspecified atom stereocenters. The number of hydrogen-bond acceptors (Lipinski definition) is 1. The Hall–Kier alpha value is 0.467. The summed E-state index contributed by atoms with van der Waals surface area (Å²) in [6.07, 6.45) is 3.73. The second-order valence-corrected chi connectivity index (χ2v) is 10.3. The number of halogens is 1. The second-order valence-electron chi connectivity index (χ2n) is 3.57. The lowest BCUT2D eigenvalue weighted by molar-refractivity contribution is 0.192. The Morgan fingerprint density at radius 1 is 1.25 bits per heavy atom. The summed E-state index contributed by atoms with van der Waals surface area (Å²) in [6.45, 7) is 5.35. The summed E-state index contributed by atoms with van der Waals surface area (Å²) < 4.78 is 4.98. The lowest BCUT2D eigenvalue weighted by Crippen LogP contribution is -2.19. The third kappa shape index (κ3) is 7.13. The minimum atomic E-state index is -1.31. The highest BCUT2D eigenvalue weighted by Gasteiger charge is 2.20. The fraction of sp³-hybridized carbons (Fsp3) is 1.00. The lowest BCUT2D eigenvalue weighted by Gasteiger charge is -2.16. The molecule has 0 radical (unpaired) electrons. The van der Waals surface area contributed by atoms with Gasteiger partial charge in [-0.2, -0.15) is 11.1 Å². The minimum absolute atomic E-state index is 0.896. The average molecular weight is 209 g/mol. The van der Waals surface area contributed by atoms with Crippen LogP contribution >= 0.6 is 11.1 Å². The quantitative estimate of drug-likeness (QED) is 0.353. The van der Waals surface area contributed by atoms with Crippen molar-refractivity contribution in [1.29, 1.82) is 0 Å². The fourth-order valence-corrected chi connectivity index (χ4v) is 2.84. The summed E-state index contributed by atoms with van der Waals surface area (Å²) in [5, 5.41) is 0. The normalized spacial score (nSPS) is 16.0. The highest BCUT2D eigenvalue weighted by atomic mass is 35.6. The Kier molecular flexibility index (Phi) is 7.20. The van der Waals surface area contributed by atoms with E-state index in [4.69, 9.17) is 15.8 Å². The van der Waals surface area contributed by atoms with Crippen LogP contribution in [0.25, 0.3) is 0 Å². The maximum Gasteiger partial charge on any atom is 0.153 e. The highest BCUT2D eigenvalue weighted by Crippen LogP contribution is 2.22. The van der Waals surface area contributed by atoms with Crippen molar-refractivity contribution in [1.82, 2.24) is 0 Å². The predicted molar refractivity (Wildman–Crippen MR) is 58.5 cm³/mol. The van der Waals surface area contributed by atoms with Crippen molar-refractivity contribution in [3.05, 3.63) is 0 Å². The second kappa shape index (κ2) is 6.93. The van der Waals surface area contributed by atoms with Gasteiger partial charge in [-0.25, -0.2) is 0 Å². The van der Waals surface area contributed by atoms with E-state index >= 15 is 0 Å². The molecule has 0 aromatic carbocycles. The molecule has 0 saturated heterocycles. The molecule has 74 valence electrons. The van der Waals surface area contributed by atoms with Gasteiger partial charge in [-0.05, 0) is 18.5 Å². The van der Waals surface area contributed by atoms with E-state index in [1.807, 2.05) is 0 Å². The van der Waals surface area contributed by atoms with Gasteiger partial charge in [0.05, 0.1) is 0 Å².